The van der Waals surface area contributed by atoms with Crippen LogP contribution in [0.25, 0.3) is 11.4 Å². The van der Waals surface area contributed by atoms with Crippen LogP contribution in [0.3, 0.4) is 0 Å². The van der Waals surface area contributed by atoms with E-state index in [4.69, 9.17) is 0 Å². The van der Waals surface area contributed by atoms with Gasteiger partial charge in [0.1, 0.15) is 17.2 Å². The van der Waals surface area contributed by atoms with Gasteiger partial charge >= 0.3 is 0 Å². The minimum Gasteiger partial charge on any atom is -0.268 e. The first-order chi connectivity index (χ1) is 7.16. The van der Waals surface area contributed by atoms with Gasteiger partial charge in [0.15, 0.2) is 0 Å². The zero-order chi connectivity index (χ0) is 10.8. The van der Waals surface area contributed by atoms with Crippen molar-refractivity contribution < 1.29 is 4.39 Å². The van der Waals surface area contributed by atoms with Crippen molar-refractivity contribution in [1.29, 1.82) is 0 Å². The number of nitrogens with one attached hydrogen (secondary N) is 1. The summed E-state index contributed by atoms with van der Waals surface area (Å²) in [6, 6.07) is 4.14. The van der Waals surface area contributed by atoms with Gasteiger partial charge in [-0.1, -0.05) is 0 Å². The first-order valence-corrected chi connectivity index (χ1v) is 4.83. The zero-order valence-electron chi connectivity index (χ0n) is 7.37. The SMILES string of the molecule is O=c1ccc(-c2ncc(F)cc2Br)n[nH]1. The summed E-state index contributed by atoms with van der Waals surface area (Å²) in [5.41, 5.74) is 0.658. The number of halogens is 2. The maximum Gasteiger partial charge on any atom is 0.264 e. The number of aromatic nitrogens is 3. The molecule has 2 aromatic rings. The van der Waals surface area contributed by atoms with Crippen molar-refractivity contribution in [3.8, 4) is 11.4 Å². The predicted molar refractivity (Wildman–Crippen MR) is 55.7 cm³/mol. The summed E-state index contributed by atoms with van der Waals surface area (Å²) >= 11 is 3.17. The largest absolute Gasteiger partial charge is 0.268 e. The molecular weight excluding hydrogens is 265 g/mol. The van der Waals surface area contributed by atoms with Gasteiger partial charge in [-0.3, -0.25) is 9.78 Å². The number of rotatable bonds is 1. The van der Waals surface area contributed by atoms with E-state index >= 15 is 0 Å². The highest BCUT2D eigenvalue weighted by atomic mass is 79.9. The number of hydrogen-bond acceptors (Lipinski definition) is 3. The second kappa shape index (κ2) is 3.90. The number of nitrogens with zero attached hydrogens (tertiary/aromatic N) is 2. The van der Waals surface area contributed by atoms with Crippen molar-refractivity contribution in [3.05, 3.63) is 45.0 Å². The maximum absolute atomic E-state index is 12.8. The van der Waals surface area contributed by atoms with Crippen molar-refractivity contribution in [2.45, 2.75) is 0 Å². The molecule has 0 aliphatic rings. The average molecular weight is 270 g/mol. The fourth-order valence-electron chi connectivity index (χ4n) is 1.08. The van der Waals surface area contributed by atoms with Gasteiger partial charge in [-0.15, -0.1) is 0 Å². The number of aromatic amines is 1. The molecule has 4 nitrogen and oxygen atoms in total. The highest BCUT2D eigenvalue weighted by Crippen LogP contribution is 2.23. The Kier molecular flexibility index (Phi) is 2.59. The third kappa shape index (κ3) is 2.10. The summed E-state index contributed by atoms with van der Waals surface area (Å²) < 4.78 is 13.2. The second-order valence-corrected chi connectivity index (χ2v) is 3.64. The van der Waals surface area contributed by atoms with Crippen LogP contribution in [0.5, 0.6) is 0 Å². The Morgan fingerprint density at radius 1 is 1.40 bits per heavy atom. The summed E-state index contributed by atoms with van der Waals surface area (Å²) in [4.78, 5) is 14.7. The Hall–Kier alpha value is -1.56. The summed E-state index contributed by atoms with van der Waals surface area (Å²) in [7, 11) is 0. The van der Waals surface area contributed by atoms with Crippen LogP contribution in [0.1, 0.15) is 0 Å². The van der Waals surface area contributed by atoms with Crippen LogP contribution in [0, 0.1) is 5.82 Å². The molecule has 0 fully saturated rings. The molecule has 0 radical (unpaired) electrons. The Morgan fingerprint density at radius 2 is 2.20 bits per heavy atom. The van der Waals surface area contributed by atoms with Crippen LogP contribution in [0.4, 0.5) is 4.39 Å². The molecule has 0 unspecified atom stereocenters. The molecule has 2 heterocycles. The lowest BCUT2D eigenvalue weighted by molar-refractivity contribution is 0.620. The highest BCUT2D eigenvalue weighted by molar-refractivity contribution is 9.10. The average Bonchev–Trinajstić information content (AvgIpc) is 2.20. The molecule has 0 aliphatic carbocycles. The van der Waals surface area contributed by atoms with E-state index in [1.54, 1.807) is 0 Å². The van der Waals surface area contributed by atoms with Crippen molar-refractivity contribution in [2.24, 2.45) is 0 Å². The van der Waals surface area contributed by atoms with Gasteiger partial charge in [0.25, 0.3) is 5.56 Å². The van der Waals surface area contributed by atoms with Gasteiger partial charge in [0, 0.05) is 10.5 Å². The quantitative estimate of drug-likeness (QED) is 0.858. The molecule has 0 aromatic carbocycles. The van der Waals surface area contributed by atoms with Gasteiger partial charge in [-0.2, -0.15) is 5.10 Å². The maximum atomic E-state index is 12.8. The molecule has 0 bridgehead atoms. The fourth-order valence-corrected chi connectivity index (χ4v) is 1.60. The van der Waals surface area contributed by atoms with E-state index in [-0.39, 0.29) is 5.56 Å². The third-order valence-corrected chi connectivity index (χ3v) is 2.33. The van der Waals surface area contributed by atoms with Crippen LogP contribution < -0.4 is 5.56 Å². The van der Waals surface area contributed by atoms with E-state index < -0.39 is 5.82 Å². The molecule has 0 saturated heterocycles. The molecule has 0 spiro atoms. The van der Waals surface area contributed by atoms with Crippen molar-refractivity contribution in [1.82, 2.24) is 15.2 Å². The lowest BCUT2D eigenvalue weighted by Gasteiger charge is -2.01. The van der Waals surface area contributed by atoms with Crippen molar-refractivity contribution in [2.75, 3.05) is 0 Å². The normalized spacial score (nSPS) is 10.3. The highest BCUT2D eigenvalue weighted by Gasteiger charge is 2.07. The topological polar surface area (TPSA) is 58.6 Å². The number of hydrogen-bond donors (Lipinski definition) is 1. The van der Waals surface area contributed by atoms with Crippen molar-refractivity contribution >= 4 is 15.9 Å². The van der Waals surface area contributed by atoms with Crippen LogP contribution >= 0.6 is 15.9 Å². The standard InChI is InChI=1S/C9H5BrFN3O/c10-6-3-5(11)4-12-9(6)7-1-2-8(15)14-13-7/h1-4H,(H,14,15). The monoisotopic (exact) mass is 269 g/mol. The Balaban J connectivity index is 2.54. The van der Waals surface area contributed by atoms with E-state index in [1.807, 2.05) is 0 Å². The van der Waals surface area contributed by atoms with Gasteiger partial charge in [0.05, 0.1) is 6.20 Å². The van der Waals surface area contributed by atoms with Crippen LogP contribution in [-0.2, 0) is 0 Å². The minimum absolute atomic E-state index is 0.294. The van der Waals surface area contributed by atoms with Crippen LogP contribution in [-0.4, -0.2) is 15.2 Å². The minimum atomic E-state index is -0.435. The first-order valence-electron chi connectivity index (χ1n) is 4.04. The lowest BCUT2D eigenvalue weighted by Crippen LogP contribution is -2.06. The van der Waals surface area contributed by atoms with Crippen LogP contribution in [0.2, 0.25) is 0 Å². The molecular formula is C9H5BrFN3O. The van der Waals surface area contributed by atoms with Gasteiger partial charge in [-0.25, -0.2) is 9.49 Å². The Labute approximate surface area is 92.3 Å². The third-order valence-electron chi connectivity index (χ3n) is 1.73. The summed E-state index contributed by atoms with van der Waals surface area (Å²) in [6.07, 6.45) is 1.09. The second-order valence-electron chi connectivity index (χ2n) is 2.79. The molecule has 6 heteroatoms. The number of pyridine rings is 1. The van der Waals surface area contributed by atoms with E-state index in [0.717, 1.165) is 6.20 Å². The smallest absolute Gasteiger partial charge is 0.264 e. The van der Waals surface area contributed by atoms with E-state index in [0.29, 0.717) is 15.9 Å². The van der Waals surface area contributed by atoms with E-state index in [2.05, 4.69) is 31.1 Å². The summed E-state index contributed by atoms with van der Waals surface area (Å²) in [5, 5.41) is 6.07. The predicted octanol–water partition coefficient (Wildman–Crippen LogP) is 1.73. The van der Waals surface area contributed by atoms with E-state index in [1.165, 1.54) is 18.2 Å². The fraction of sp³-hybridized carbons (Fsp3) is 0. The lowest BCUT2D eigenvalue weighted by atomic mass is 10.2. The molecule has 2 rings (SSSR count). The molecule has 0 saturated carbocycles. The molecule has 1 N–H and O–H groups in total. The van der Waals surface area contributed by atoms with Gasteiger partial charge in [0.2, 0.25) is 0 Å². The molecule has 15 heavy (non-hydrogen) atoms. The molecule has 0 aliphatic heterocycles. The van der Waals surface area contributed by atoms with Crippen molar-refractivity contribution in [3.63, 3.8) is 0 Å². The number of H-pyrrole nitrogens is 1. The van der Waals surface area contributed by atoms with Gasteiger partial charge in [-0.05, 0) is 28.1 Å². The molecule has 0 atom stereocenters. The molecule has 0 amide bonds. The zero-order valence-corrected chi connectivity index (χ0v) is 8.95. The van der Waals surface area contributed by atoms with E-state index in [9.17, 15) is 9.18 Å². The Morgan fingerprint density at radius 3 is 2.80 bits per heavy atom. The summed E-state index contributed by atoms with van der Waals surface area (Å²) in [6.45, 7) is 0. The molecule has 76 valence electrons. The van der Waals surface area contributed by atoms with Gasteiger partial charge < -0.3 is 0 Å². The first kappa shape index (κ1) is 9.97. The summed E-state index contributed by atoms with van der Waals surface area (Å²) in [5.74, 6) is -0.435. The van der Waals surface area contributed by atoms with Crippen LogP contribution in [0.15, 0.2) is 33.7 Å². The molecule has 2 aromatic heterocycles. The Bertz CT molecular complexity index is 535.